The van der Waals surface area contributed by atoms with E-state index in [2.05, 4.69) is 0 Å². The minimum Gasteiger partial charge on any atom is -0.484 e. The molecule has 0 aliphatic heterocycles. The highest BCUT2D eigenvalue weighted by Gasteiger charge is 2.12. The number of benzene rings is 2. The molecule has 0 heterocycles. The topological polar surface area (TPSA) is 35.2 Å². The Hall–Kier alpha value is -1.87. The van der Waals surface area contributed by atoms with E-state index in [0.29, 0.717) is 12.3 Å². The first kappa shape index (κ1) is 13.6. The van der Waals surface area contributed by atoms with Crippen molar-refractivity contribution in [2.24, 2.45) is 5.73 Å². The van der Waals surface area contributed by atoms with Crippen molar-refractivity contribution in [3.8, 4) is 5.75 Å². The molecule has 0 bridgehead atoms. The van der Waals surface area contributed by atoms with Crippen LogP contribution in [0.25, 0.3) is 0 Å². The zero-order valence-electron chi connectivity index (χ0n) is 11.2. The maximum Gasteiger partial charge on any atom is 0.136 e. The first-order valence-corrected chi connectivity index (χ1v) is 6.29. The predicted molar refractivity (Wildman–Crippen MR) is 74.7 cm³/mol. The molecule has 100 valence electrons. The highest BCUT2D eigenvalue weighted by molar-refractivity contribution is 5.34. The summed E-state index contributed by atoms with van der Waals surface area (Å²) in [7, 11) is 0. The van der Waals surface area contributed by atoms with Gasteiger partial charge in [0, 0.05) is 6.54 Å². The van der Waals surface area contributed by atoms with Gasteiger partial charge in [0.05, 0.1) is 0 Å². The van der Waals surface area contributed by atoms with Crippen molar-refractivity contribution in [2.45, 2.75) is 20.0 Å². The van der Waals surface area contributed by atoms with Gasteiger partial charge in [-0.1, -0.05) is 29.8 Å². The molecular weight excluding hydrogens is 241 g/mol. The van der Waals surface area contributed by atoms with E-state index in [4.69, 9.17) is 10.5 Å². The summed E-state index contributed by atoms with van der Waals surface area (Å²) in [4.78, 5) is 0. The number of aryl methyl sites for hydroxylation is 2. The van der Waals surface area contributed by atoms with Crippen LogP contribution in [-0.4, -0.2) is 6.54 Å². The van der Waals surface area contributed by atoms with E-state index in [9.17, 15) is 4.39 Å². The van der Waals surface area contributed by atoms with Crippen LogP contribution in [0.4, 0.5) is 4.39 Å². The zero-order chi connectivity index (χ0) is 13.8. The third-order valence-electron chi connectivity index (χ3n) is 3.07. The lowest BCUT2D eigenvalue weighted by Crippen LogP contribution is -2.18. The van der Waals surface area contributed by atoms with Gasteiger partial charge in [0.25, 0.3) is 0 Å². The maximum atomic E-state index is 13.1. The molecule has 2 N–H and O–H groups in total. The van der Waals surface area contributed by atoms with E-state index in [-0.39, 0.29) is 11.9 Å². The van der Waals surface area contributed by atoms with Gasteiger partial charge in [-0.15, -0.1) is 0 Å². The third-order valence-corrected chi connectivity index (χ3v) is 3.07. The number of nitrogens with two attached hydrogens (primary N) is 1. The van der Waals surface area contributed by atoms with Gasteiger partial charge >= 0.3 is 0 Å². The van der Waals surface area contributed by atoms with Crippen LogP contribution in [0, 0.1) is 19.7 Å². The quantitative estimate of drug-likeness (QED) is 0.911. The summed E-state index contributed by atoms with van der Waals surface area (Å²) in [5.74, 6) is 0.405. The summed E-state index contributed by atoms with van der Waals surface area (Å²) in [5.41, 5.74) is 8.76. The monoisotopic (exact) mass is 259 g/mol. The molecule has 0 aliphatic carbocycles. The number of rotatable bonds is 4. The molecule has 0 saturated heterocycles. The third kappa shape index (κ3) is 3.32. The lowest BCUT2D eigenvalue weighted by molar-refractivity contribution is 0.212. The maximum absolute atomic E-state index is 13.1. The highest BCUT2D eigenvalue weighted by atomic mass is 19.1. The molecule has 1 unspecified atom stereocenters. The lowest BCUT2D eigenvalue weighted by Gasteiger charge is -2.19. The minimum absolute atomic E-state index is 0.218. The fourth-order valence-electron chi connectivity index (χ4n) is 1.93. The van der Waals surface area contributed by atoms with Gasteiger partial charge in [0.1, 0.15) is 17.7 Å². The van der Waals surface area contributed by atoms with E-state index in [1.807, 2.05) is 38.1 Å². The Morgan fingerprint density at radius 1 is 1.11 bits per heavy atom. The molecule has 0 radical (unpaired) electrons. The Labute approximate surface area is 113 Å². The normalized spacial score (nSPS) is 12.2. The summed E-state index contributed by atoms with van der Waals surface area (Å²) >= 11 is 0. The van der Waals surface area contributed by atoms with Gasteiger partial charge in [-0.05, 0) is 43.2 Å². The van der Waals surface area contributed by atoms with Crippen molar-refractivity contribution in [1.29, 1.82) is 0 Å². The molecule has 2 aromatic rings. The van der Waals surface area contributed by atoms with Crippen LogP contribution in [0.15, 0.2) is 42.5 Å². The van der Waals surface area contributed by atoms with Gasteiger partial charge in [0.2, 0.25) is 0 Å². The Morgan fingerprint density at radius 3 is 2.37 bits per heavy atom. The second kappa shape index (κ2) is 5.85. The van der Waals surface area contributed by atoms with Crippen molar-refractivity contribution in [2.75, 3.05) is 6.54 Å². The fourth-order valence-corrected chi connectivity index (χ4v) is 1.93. The zero-order valence-corrected chi connectivity index (χ0v) is 11.2. The van der Waals surface area contributed by atoms with Crippen LogP contribution in [0.2, 0.25) is 0 Å². The Morgan fingerprint density at radius 2 is 1.79 bits per heavy atom. The van der Waals surface area contributed by atoms with Gasteiger partial charge in [-0.3, -0.25) is 0 Å². The van der Waals surface area contributed by atoms with Gasteiger partial charge in [-0.25, -0.2) is 4.39 Å². The van der Waals surface area contributed by atoms with Crippen molar-refractivity contribution in [3.63, 3.8) is 0 Å². The minimum atomic E-state index is -0.260. The van der Waals surface area contributed by atoms with E-state index in [1.165, 1.54) is 17.7 Å². The standard InChI is InChI=1S/C16H18FNO/c1-11-3-5-13(6-4-11)16(10-18)19-15-8-7-14(17)9-12(15)2/h3-9,16H,10,18H2,1-2H3. The van der Waals surface area contributed by atoms with Crippen LogP contribution < -0.4 is 10.5 Å². The molecule has 2 aromatic carbocycles. The largest absolute Gasteiger partial charge is 0.484 e. The van der Waals surface area contributed by atoms with E-state index >= 15 is 0 Å². The lowest BCUT2D eigenvalue weighted by atomic mass is 10.1. The van der Waals surface area contributed by atoms with Crippen LogP contribution >= 0.6 is 0 Å². The average molecular weight is 259 g/mol. The summed E-state index contributed by atoms with van der Waals surface area (Å²) in [6, 6.07) is 12.6. The summed E-state index contributed by atoms with van der Waals surface area (Å²) in [6.07, 6.45) is -0.218. The second-order valence-electron chi connectivity index (χ2n) is 4.66. The van der Waals surface area contributed by atoms with Gasteiger partial charge in [0.15, 0.2) is 0 Å². The second-order valence-corrected chi connectivity index (χ2v) is 4.66. The van der Waals surface area contributed by atoms with E-state index in [1.54, 1.807) is 6.07 Å². The predicted octanol–water partition coefficient (Wildman–Crippen LogP) is 3.52. The van der Waals surface area contributed by atoms with Crippen LogP contribution in [0.1, 0.15) is 22.8 Å². The number of hydrogen-bond acceptors (Lipinski definition) is 2. The number of ether oxygens (including phenoxy) is 1. The molecule has 2 rings (SSSR count). The van der Waals surface area contributed by atoms with Gasteiger partial charge < -0.3 is 10.5 Å². The molecule has 0 fully saturated rings. The van der Waals surface area contributed by atoms with Crippen molar-refractivity contribution in [1.82, 2.24) is 0 Å². The summed E-state index contributed by atoms with van der Waals surface area (Å²) in [5, 5.41) is 0. The average Bonchev–Trinajstić information content (AvgIpc) is 2.39. The molecule has 0 amide bonds. The van der Waals surface area contributed by atoms with Crippen molar-refractivity contribution in [3.05, 3.63) is 65.0 Å². The first-order valence-electron chi connectivity index (χ1n) is 6.29. The van der Waals surface area contributed by atoms with Crippen molar-refractivity contribution < 1.29 is 9.13 Å². The Bertz CT molecular complexity index is 551. The first-order chi connectivity index (χ1) is 9.10. The molecule has 0 aromatic heterocycles. The number of halogens is 1. The molecule has 2 nitrogen and oxygen atoms in total. The molecule has 3 heteroatoms. The number of hydrogen-bond donors (Lipinski definition) is 1. The van der Waals surface area contributed by atoms with Crippen LogP contribution in [0.3, 0.4) is 0 Å². The highest BCUT2D eigenvalue weighted by Crippen LogP contribution is 2.25. The van der Waals surface area contributed by atoms with E-state index in [0.717, 1.165) is 11.1 Å². The molecule has 0 saturated carbocycles. The van der Waals surface area contributed by atoms with Gasteiger partial charge in [-0.2, -0.15) is 0 Å². The summed E-state index contributed by atoms with van der Waals surface area (Å²) in [6.45, 7) is 4.23. The molecular formula is C16H18FNO. The molecule has 0 aliphatic rings. The fraction of sp³-hybridized carbons (Fsp3) is 0.250. The van der Waals surface area contributed by atoms with Crippen LogP contribution in [0.5, 0.6) is 5.75 Å². The van der Waals surface area contributed by atoms with Crippen molar-refractivity contribution >= 4 is 0 Å². The smallest absolute Gasteiger partial charge is 0.136 e. The van der Waals surface area contributed by atoms with Crippen LogP contribution in [-0.2, 0) is 0 Å². The molecule has 19 heavy (non-hydrogen) atoms. The van der Waals surface area contributed by atoms with E-state index < -0.39 is 0 Å². The Balaban J connectivity index is 2.21. The molecule has 1 atom stereocenters. The SMILES string of the molecule is Cc1ccc(C(CN)Oc2ccc(F)cc2C)cc1. The Kier molecular flexibility index (Phi) is 4.17. The summed E-state index contributed by atoms with van der Waals surface area (Å²) < 4.78 is 18.9. The molecule has 0 spiro atoms.